The number of hydrogen-bond donors (Lipinski definition) is 0. The number of carbonyl (C=O) groups excluding carboxylic acids is 3. The fourth-order valence-corrected chi connectivity index (χ4v) is 5.26. The molecule has 1 fully saturated rings. The van der Waals surface area contributed by atoms with Crippen LogP contribution in [0.3, 0.4) is 0 Å². The second kappa shape index (κ2) is 7.27. The molecule has 3 aliphatic heterocycles. The molecule has 4 aromatic rings. The zero-order chi connectivity index (χ0) is 23.7. The van der Waals surface area contributed by atoms with Crippen molar-refractivity contribution in [2.24, 2.45) is 0 Å². The third kappa shape index (κ3) is 2.86. The highest BCUT2D eigenvalue weighted by molar-refractivity contribution is 6.22. The number of aryl methyl sites for hydroxylation is 1. The van der Waals surface area contributed by atoms with Crippen LogP contribution < -0.4 is 4.57 Å². The van der Waals surface area contributed by atoms with Crippen molar-refractivity contribution in [3.8, 4) is 11.1 Å². The maximum absolute atomic E-state index is 12.4. The Bertz CT molecular complexity index is 1670. The van der Waals surface area contributed by atoms with E-state index >= 15 is 0 Å². The summed E-state index contributed by atoms with van der Waals surface area (Å²) in [5.41, 5.74) is 7.13. The molecule has 0 bridgehead atoms. The van der Waals surface area contributed by atoms with Crippen LogP contribution in [-0.4, -0.2) is 22.8 Å². The molecule has 8 nitrogen and oxygen atoms in total. The van der Waals surface area contributed by atoms with Crippen molar-refractivity contribution in [3.05, 3.63) is 54.6 Å². The number of hydroxylamine groups is 2. The molecule has 2 amide bonds. The summed E-state index contributed by atoms with van der Waals surface area (Å²) in [5, 5.41) is 2.60. The Balaban J connectivity index is 1.32. The van der Waals surface area contributed by atoms with E-state index in [2.05, 4.69) is 4.57 Å². The molecule has 4 heterocycles. The van der Waals surface area contributed by atoms with Gasteiger partial charge in [-0.15, -0.1) is 5.06 Å². The van der Waals surface area contributed by atoms with Gasteiger partial charge in [-0.2, -0.15) is 4.57 Å². The minimum absolute atomic E-state index is 0.0637. The third-order valence-electron chi connectivity index (χ3n) is 6.73. The van der Waals surface area contributed by atoms with Gasteiger partial charge in [0.2, 0.25) is 11.0 Å². The van der Waals surface area contributed by atoms with Gasteiger partial charge in [-0.3, -0.25) is 9.59 Å². The van der Waals surface area contributed by atoms with Crippen LogP contribution in [0, 0.1) is 0 Å². The molecular weight excluding hydrogens is 448 g/mol. The molecule has 1 aromatic heterocycles. The van der Waals surface area contributed by atoms with Crippen LogP contribution in [0.25, 0.3) is 55.3 Å². The van der Waals surface area contributed by atoms with Crippen molar-refractivity contribution in [3.63, 3.8) is 0 Å². The number of benzene rings is 3. The molecular formula is C27H19N2O6+. The van der Waals surface area contributed by atoms with Crippen LogP contribution in [0.15, 0.2) is 63.4 Å². The van der Waals surface area contributed by atoms with Gasteiger partial charge < -0.3 is 13.7 Å². The highest BCUT2D eigenvalue weighted by atomic mass is 16.7. The molecule has 0 aliphatic carbocycles. The Hall–Kier alpha value is -4.46. The minimum atomic E-state index is -0.603. The van der Waals surface area contributed by atoms with E-state index in [0.29, 0.717) is 18.0 Å². The molecule has 0 atom stereocenters. The topological polar surface area (TPSA) is 93.8 Å². The van der Waals surface area contributed by atoms with E-state index in [1.54, 1.807) is 0 Å². The molecule has 0 saturated carbocycles. The largest absolute Gasteiger partial charge is 0.456 e. The van der Waals surface area contributed by atoms with Crippen molar-refractivity contribution in [2.45, 2.75) is 32.2 Å². The lowest BCUT2D eigenvalue weighted by Crippen LogP contribution is -2.37. The Morgan fingerprint density at radius 1 is 0.800 bits per heavy atom. The predicted molar refractivity (Wildman–Crippen MR) is 125 cm³/mol. The number of imide groups is 1. The van der Waals surface area contributed by atoms with Gasteiger partial charge in [-0.1, -0.05) is 18.2 Å². The van der Waals surface area contributed by atoms with Crippen molar-refractivity contribution >= 4 is 61.9 Å². The molecule has 35 heavy (non-hydrogen) atoms. The molecule has 3 aromatic carbocycles. The molecule has 172 valence electrons. The molecule has 3 aliphatic rings. The molecule has 7 rings (SSSR count). The Kier molecular flexibility index (Phi) is 4.14. The van der Waals surface area contributed by atoms with E-state index in [4.69, 9.17) is 13.7 Å². The predicted octanol–water partition coefficient (Wildman–Crippen LogP) is 4.70. The van der Waals surface area contributed by atoms with Crippen molar-refractivity contribution in [1.82, 2.24) is 5.06 Å². The third-order valence-corrected chi connectivity index (χ3v) is 6.73. The lowest BCUT2D eigenvalue weighted by atomic mass is 9.92. The second-order valence-corrected chi connectivity index (χ2v) is 8.81. The summed E-state index contributed by atoms with van der Waals surface area (Å²) in [4.78, 5) is 40.8. The van der Waals surface area contributed by atoms with Crippen LogP contribution in [0.1, 0.15) is 25.7 Å². The van der Waals surface area contributed by atoms with E-state index in [1.165, 1.54) is 0 Å². The summed E-state index contributed by atoms with van der Waals surface area (Å²) in [6.07, 6.45) is 0.674. The SMILES string of the molecule is O=C(CCC[n+]1c2cccc3oc4cccc5oc6cccc1c6c(c32)-c45)ON1C(=O)CCC1=O. The number of aromatic nitrogens is 1. The summed E-state index contributed by atoms with van der Waals surface area (Å²) in [5.74, 6) is -1.56. The summed E-state index contributed by atoms with van der Waals surface area (Å²) in [6.45, 7) is 0.520. The average molecular weight is 467 g/mol. The monoisotopic (exact) mass is 467 g/mol. The maximum Gasteiger partial charge on any atom is 0.333 e. The Morgan fingerprint density at radius 3 is 1.94 bits per heavy atom. The van der Waals surface area contributed by atoms with E-state index in [1.807, 2.05) is 54.6 Å². The number of hydrogen-bond acceptors (Lipinski definition) is 6. The Morgan fingerprint density at radius 2 is 1.34 bits per heavy atom. The standard InChI is InChI=1S/C27H19N2O6/c30-21-12-13-22(31)29(21)35-23(32)11-4-14-28-15-5-1-7-17-24(15)27-25-16(28)6-2-8-18(25)34-20-10-3-9-19(33-17)26(20)27/h1-3,5-10H,4,11-14H2/q+1. The fourth-order valence-electron chi connectivity index (χ4n) is 5.26. The van der Waals surface area contributed by atoms with Crippen molar-refractivity contribution < 1.29 is 32.6 Å². The number of pyridine rings is 1. The van der Waals surface area contributed by atoms with Gasteiger partial charge in [0.05, 0.1) is 22.8 Å². The van der Waals surface area contributed by atoms with Gasteiger partial charge in [0.25, 0.3) is 11.8 Å². The van der Waals surface area contributed by atoms with Crippen LogP contribution in [-0.2, 0) is 25.8 Å². The van der Waals surface area contributed by atoms with Gasteiger partial charge in [0.1, 0.15) is 28.9 Å². The molecule has 0 radical (unpaired) electrons. The second-order valence-electron chi connectivity index (χ2n) is 8.81. The van der Waals surface area contributed by atoms with E-state index in [0.717, 1.165) is 55.3 Å². The van der Waals surface area contributed by atoms with Crippen molar-refractivity contribution in [1.29, 1.82) is 0 Å². The zero-order valence-electron chi connectivity index (χ0n) is 18.6. The normalized spacial score (nSPS) is 14.6. The summed E-state index contributed by atoms with van der Waals surface area (Å²) < 4.78 is 14.7. The first-order chi connectivity index (χ1) is 17.1. The van der Waals surface area contributed by atoms with E-state index in [9.17, 15) is 14.4 Å². The molecule has 0 N–H and O–H groups in total. The number of carbonyl (C=O) groups is 3. The highest BCUT2D eigenvalue weighted by Crippen LogP contribution is 2.46. The van der Waals surface area contributed by atoms with Gasteiger partial charge in [-0.25, -0.2) is 4.79 Å². The Labute approximate surface area is 197 Å². The number of rotatable bonds is 5. The smallest absolute Gasteiger partial charge is 0.333 e. The van der Waals surface area contributed by atoms with Gasteiger partial charge in [0, 0.05) is 37.0 Å². The summed E-state index contributed by atoms with van der Waals surface area (Å²) in [7, 11) is 0. The quantitative estimate of drug-likeness (QED) is 0.158. The first-order valence-corrected chi connectivity index (χ1v) is 11.6. The van der Waals surface area contributed by atoms with Crippen LogP contribution in [0.4, 0.5) is 0 Å². The highest BCUT2D eigenvalue weighted by Gasteiger charge is 2.33. The maximum atomic E-state index is 12.4. The number of nitrogens with zero attached hydrogens (tertiary/aromatic N) is 2. The van der Waals surface area contributed by atoms with Gasteiger partial charge >= 0.3 is 5.97 Å². The van der Waals surface area contributed by atoms with Crippen LogP contribution in [0.2, 0.25) is 0 Å². The fraction of sp³-hybridized carbons (Fsp3) is 0.185. The molecule has 0 unspecified atom stereocenters. The average Bonchev–Trinajstić information content (AvgIpc) is 3.18. The molecule has 1 saturated heterocycles. The lowest BCUT2D eigenvalue weighted by molar-refractivity contribution is -0.645. The first kappa shape index (κ1) is 20.0. The van der Waals surface area contributed by atoms with Crippen LogP contribution in [0.5, 0.6) is 0 Å². The number of amides is 2. The van der Waals surface area contributed by atoms with Crippen LogP contribution >= 0.6 is 0 Å². The van der Waals surface area contributed by atoms with Crippen molar-refractivity contribution in [2.75, 3.05) is 0 Å². The first-order valence-electron chi connectivity index (χ1n) is 11.6. The van der Waals surface area contributed by atoms with Gasteiger partial charge in [0.15, 0.2) is 0 Å². The summed E-state index contributed by atoms with van der Waals surface area (Å²) in [6, 6.07) is 17.8. The minimum Gasteiger partial charge on any atom is -0.456 e. The van der Waals surface area contributed by atoms with Gasteiger partial charge in [-0.05, 0) is 24.3 Å². The van der Waals surface area contributed by atoms with E-state index < -0.39 is 17.8 Å². The summed E-state index contributed by atoms with van der Waals surface area (Å²) >= 11 is 0. The van der Waals surface area contributed by atoms with E-state index in [-0.39, 0.29) is 19.3 Å². The zero-order valence-corrected chi connectivity index (χ0v) is 18.6. The lowest BCUT2D eigenvalue weighted by Gasteiger charge is -2.19. The molecule has 0 spiro atoms. The molecule has 8 heteroatoms.